The Balaban J connectivity index is 2.05. The summed E-state index contributed by atoms with van der Waals surface area (Å²) in [5.41, 5.74) is 1.06. The number of ether oxygens (including phenoxy) is 1. The molecule has 1 heterocycles. The van der Waals surface area contributed by atoms with Gasteiger partial charge in [-0.05, 0) is 45.1 Å². The zero-order chi connectivity index (χ0) is 24.4. The van der Waals surface area contributed by atoms with Gasteiger partial charge in [0.2, 0.25) is 15.9 Å². The van der Waals surface area contributed by atoms with Gasteiger partial charge in [-0.25, -0.2) is 8.42 Å². The molecule has 0 bridgehead atoms. The second-order valence-corrected chi connectivity index (χ2v) is 9.71. The molecule has 0 aromatic heterocycles. The number of sulfonamides is 1. The van der Waals surface area contributed by atoms with Crippen molar-refractivity contribution in [2.45, 2.75) is 57.7 Å². The van der Waals surface area contributed by atoms with Gasteiger partial charge in [0.05, 0.1) is 18.4 Å². The summed E-state index contributed by atoms with van der Waals surface area (Å²) in [6.45, 7) is 7.26. The SMILES string of the molecule is C=CCS(=O)(=O)NC(=O)[C@@H]1CCCN1C(=O)[C@H](C)NC(CCc1ccccc1)C(=O)OCC. The van der Waals surface area contributed by atoms with Crippen molar-refractivity contribution in [2.24, 2.45) is 0 Å². The number of rotatable bonds is 12. The molecule has 2 N–H and O–H groups in total. The highest BCUT2D eigenvalue weighted by molar-refractivity contribution is 7.90. The number of likely N-dealkylation sites (tertiary alicyclic amines) is 1. The molecule has 0 spiro atoms. The summed E-state index contributed by atoms with van der Waals surface area (Å²) in [5.74, 6) is -1.94. The summed E-state index contributed by atoms with van der Waals surface area (Å²) < 4.78 is 31.0. The van der Waals surface area contributed by atoms with Crippen molar-refractivity contribution in [2.75, 3.05) is 18.9 Å². The second-order valence-electron chi connectivity index (χ2n) is 7.94. The van der Waals surface area contributed by atoms with Crippen LogP contribution in [0.3, 0.4) is 0 Å². The predicted octanol–water partition coefficient (Wildman–Crippen LogP) is 1.15. The molecule has 1 unspecified atom stereocenters. The number of hydrogen-bond acceptors (Lipinski definition) is 7. The van der Waals surface area contributed by atoms with Gasteiger partial charge in [0.1, 0.15) is 12.1 Å². The highest BCUT2D eigenvalue weighted by Gasteiger charge is 2.38. The van der Waals surface area contributed by atoms with Crippen LogP contribution in [0.1, 0.15) is 38.7 Å². The molecular weight excluding hydrogens is 446 g/mol. The molecule has 10 heteroatoms. The highest BCUT2D eigenvalue weighted by atomic mass is 32.2. The number of esters is 1. The first-order valence-electron chi connectivity index (χ1n) is 11.1. The molecule has 182 valence electrons. The summed E-state index contributed by atoms with van der Waals surface area (Å²) >= 11 is 0. The third-order valence-corrected chi connectivity index (χ3v) is 6.58. The first-order valence-corrected chi connectivity index (χ1v) is 12.8. The van der Waals surface area contributed by atoms with Crippen molar-refractivity contribution in [3.8, 4) is 0 Å². The van der Waals surface area contributed by atoms with Gasteiger partial charge in [-0.2, -0.15) is 0 Å². The summed E-state index contributed by atoms with van der Waals surface area (Å²) in [6.07, 6.45) is 3.18. The Bertz CT molecular complexity index is 935. The molecule has 0 aliphatic carbocycles. The number of nitrogens with zero attached hydrogens (tertiary/aromatic N) is 1. The zero-order valence-corrected chi connectivity index (χ0v) is 20.0. The number of benzene rings is 1. The van der Waals surface area contributed by atoms with Crippen molar-refractivity contribution in [1.82, 2.24) is 14.9 Å². The maximum atomic E-state index is 13.1. The summed E-state index contributed by atoms with van der Waals surface area (Å²) in [6, 6.07) is 7.32. The van der Waals surface area contributed by atoms with Gasteiger partial charge < -0.3 is 9.64 Å². The highest BCUT2D eigenvalue weighted by Crippen LogP contribution is 2.19. The van der Waals surface area contributed by atoms with Gasteiger partial charge in [-0.15, -0.1) is 6.58 Å². The van der Waals surface area contributed by atoms with Gasteiger partial charge in [0.25, 0.3) is 5.91 Å². The lowest BCUT2D eigenvalue weighted by Crippen LogP contribution is -2.55. The smallest absolute Gasteiger partial charge is 0.323 e. The first-order chi connectivity index (χ1) is 15.7. The van der Waals surface area contributed by atoms with Crippen LogP contribution >= 0.6 is 0 Å². The Hall–Kier alpha value is -2.72. The molecule has 33 heavy (non-hydrogen) atoms. The van der Waals surface area contributed by atoms with Crippen LogP contribution in [0.2, 0.25) is 0 Å². The fraction of sp³-hybridized carbons (Fsp3) is 0.522. The van der Waals surface area contributed by atoms with Crippen LogP contribution in [0, 0.1) is 0 Å². The maximum absolute atomic E-state index is 13.1. The summed E-state index contributed by atoms with van der Waals surface area (Å²) in [4.78, 5) is 39.5. The molecule has 2 rings (SSSR count). The average Bonchev–Trinajstić information content (AvgIpc) is 3.26. The third kappa shape index (κ3) is 7.97. The lowest BCUT2D eigenvalue weighted by molar-refractivity contribution is -0.147. The minimum absolute atomic E-state index is 0.220. The molecule has 1 fully saturated rings. The molecule has 1 aliphatic heterocycles. The van der Waals surface area contributed by atoms with E-state index >= 15 is 0 Å². The normalized spacial score (nSPS) is 17.8. The number of carbonyl (C=O) groups excluding carboxylic acids is 3. The zero-order valence-electron chi connectivity index (χ0n) is 19.2. The van der Waals surface area contributed by atoms with E-state index in [0.717, 1.165) is 5.56 Å². The number of carbonyl (C=O) groups is 3. The fourth-order valence-electron chi connectivity index (χ4n) is 3.81. The summed E-state index contributed by atoms with van der Waals surface area (Å²) in [5, 5.41) is 3.05. The Morgan fingerprint density at radius 2 is 1.97 bits per heavy atom. The summed E-state index contributed by atoms with van der Waals surface area (Å²) in [7, 11) is -3.84. The van der Waals surface area contributed by atoms with E-state index < -0.39 is 40.0 Å². The Kier molecular flexibility index (Phi) is 10.1. The topological polar surface area (TPSA) is 122 Å². The maximum Gasteiger partial charge on any atom is 0.323 e. The lowest BCUT2D eigenvalue weighted by Gasteiger charge is -2.29. The van der Waals surface area contributed by atoms with Crippen LogP contribution < -0.4 is 10.0 Å². The average molecular weight is 480 g/mol. The second kappa shape index (κ2) is 12.5. The number of aryl methyl sites for hydroxylation is 1. The Morgan fingerprint density at radius 3 is 2.61 bits per heavy atom. The van der Waals surface area contributed by atoms with Crippen LogP contribution in [-0.2, 0) is 35.6 Å². The van der Waals surface area contributed by atoms with E-state index in [2.05, 4.69) is 11.9 Å². The Morgan fingerprint density at radius 1 is 1.27 bits per heavy atom. The van der Waals surface area contributed by atoms with E-state index in [9.17, 15) is 22.8 Å². The molecule has 0 radical (unpaired) electrons. The van der Waals surface area contributed by atoms with Crippen LogP contribution in [0.15, 0.2) is 43.0 Å². The molecule has 0 saturated carbocycles. The minimum atomic E-state index is -3.84. The van der Waals surface area contributed by atoms with Crippen molar-refractivity contribution in [3.63, 3.8) is 0 Å². The fourth-order valence-corrected chi connectivity index (χ4v) is 4.65. The van der Waals surface area contributed by atoms with Gasteiger partial charge in [-0.3, -0.25) is 24.4 Å². The van der Waals surface area contributed by atoms with Crippen LogP contribution in [0.25, 0.3) is 0 Å². The molecule has 2 amide bonds. The predicted molar refractivity (Wildman–Crippen MR) is 125 cm³/mol. The molecule has 1 saturated heterocycles. The molecule has 1 aromatic rings. The molecule has 3 atom stereocenters. The van der Waals surface area contributed by atoms with E-state index in [1.165, 1.54) is 11.0 Å². The van der Waals surface area contributed by atoms with Crippen molar-refractivity contribution < 1.29 is 27.5 Å². The largest absolute Gasteiger partial charge is 0.465 e. The van der Waals surface area contributed by atoms with E-state index in [1.54, 1.807) is 13.8 Å². The van der Waals surface area contributed by atoms with Crippen LogP contribution in [0.4, 0.5) is 0 Å². The Labute approximate surface area is 195 Å². The number of nitrogens with one attached hydrogen (secondary N) is 2. The lowest BCUT2D eigenvalue weighted by atomic mass is 10.0. The molecule has 1 aromatic carbocycles. The van der Waals surface area contributed by atoms with Gasteiger partial charge >= 0.3 is 5.97 Å². The van der Waals surface area contributed by atoms with E-state index in [4.69, 9.17) is 4.74 Å². The van der Waals surface area contributed by atoms with Crippen molar-refractivity contribution in [1.29, 1.82) is 0 Å². The quantitative estimate of drug-likeness (QED) is 0.341. The van der Waals surface area contributed by atoms with Crippen molar-refractivity contribution >= 4 is 27.8 Å². The minimum Gasteiger partial charge on any atom is -0.465 e. The van der Waals surface area contributed by atoms with Crippen LogP contribution in [-0.4, -0.2) is 68.1 Å². The first kappa shape index (κ1) is 26.5. The van der Waals surface area contributed by atoms with E-state index in [0.29, 0.717) is 32.2 Å². The van der Waals surface area contributed by atoms with Crippen LogP contribution in [0.5, 0.6) is 0 Å². The molecule has 1 aliphatic rings. The standard InChI is InChI=1S/C23H33N3O6S/c1-4-16-33(30,31)25-21(27)20-12-9-15-26(20)22(28)17(3)24-19(23(29)32-5-2)14-13-18-10-7-6-8-11-18/h4,6-8,10-11,17,19-20,24H,1,5,9,12-16H2,2-3H3,(H,25,27)/t17-,19?,20-/m0/s1. The van der Waals surface area contributed by atoms with E-state index in [-0.39, 0.29) is 18.3 Å². The third-order valence-electron chi connectivity index (χ3n) is 5.39. The van der Waals surface area contributed by atoms with E-state index in [1.807, 2.05) is 35.1 Å². The number of amides is 2. The molecular formula is C23H33N3O6S. The van der Waals surface area contributed by atoms with Gasteiger partial charge in [-0.1, -0.05) is 36.4 Å². The number of hydrogen-bond donors (Lipinski definition) is 2. The van der Waals surface area contributed by atoms with Gasteiger partial charge in [0, 0.05) is 6.54 Å². The molecule has 9 nitrogen and oxygen atoms in total. The van der Waals surface area contributed by atoms with Gasteiger partial charge in [0.15, 0.2) is 0 Å². The van der Waals surface area contributed by atoms with Crippen molar-refractivity contribution in [3.05, 3.63) is 48.6 Å². The monoisotopic (exact) mass is 479 g/mol.